The van der Waals surface area contributed by atoms with Gasteiger partial charge in [-0.2, -0.15) is 0 Å². The lowest BCUT2D eigenvalue weighted by molar-refractivity contribution is 0.0692. The molecular formula is C32H28FNO2. The van der Waals surface area contributed by atoms with Crippen LogP contribution in [0.4, 0.5) is 15.8 Å². The third-order valence-electron chi connectivity index (χ3n) is 5.98. The first-order chi connectivity index (χ1) is 17.5. The number of halogens is 1. The lowest BCUT2D eigenvalue weighted by atomic mass is 10.1. The van der Waals surface area contributed by atoms with E-state index >= 15 is 0 Å². The van der Waals surface area contributed by atoms with Crippen LogP contribution in [0.1, 0.15) is 52.4 Å². The van der Waals surface area contributed by atoms with E-state index in [4.69, 9.17) is 0 Å². The van der Waals surface area contributed by atoms with Gasteiger partial charge in [0.2, 0.25) is 0 Å². The van der Waals surface area contributed by atoms with Crippen molar-refractivity contribution in [1.29, 1.82) is 0 Å². The van der Waals surface area contributed by atoms with Crippen LogP contribution >= 0.6 is 0 Å². The Hall–Kier alpha value is -4.36. The molecular weight excluding hydrogens is 449 g/mol. The highest BCUT2D eigenvalue weighted by atomic mass is 19.1. The van der Waals surface area contributed by atoms with Gasteiger partial charge < -0.3 is 10.0 Å². The summed E-state index contributed by atoms with van der Waals surface area (Å²) in [5, 5.41) is 9.37. The summed E-state index contributed by atoms with van der Waals surface area (Å²) in [6.07, 6.45) is 3.48. The summed E-state index contributed by atoms with van der Waals surface area (Å²) in [6, 6.07) is 30.2. The zero-order chi connectivity index (χ0) is 25.3. The molecule has 0 bridgehead atoms. The Labute approximate surface area is 211 Å². The number of aryl methyl sites for hydroxylation is 1. The smallest absolute Gasteiger partial charge is 0.338 e. The molecule has 4 aromatic carbocycles. The SMILES string of the molecule is CCCCc1ccc(C#Cc2ccc(CN(c3ccccc3)c3ccc(F)c(C(=O)O)c3)cc2)cc1. The minimum absolute atomic E-state index is 0.350. The van der Waals surface area contributed by atoms with Gasteiger partial charge in [-0.15, -0.1) is 0 Å². The first-order valence-electron chi connectivity index (χ1n) is 12.1. The molecule has 3 nitrogen and oxygen atoms in total. The van der Waals surface area contributed by atoms with Crippen molar-refractivity contribution in [1.82, 2.24) is 0 Å². The van der Waals surface area contributed by atoms with Gasteiger partial charge in [0.15, 0.2) is 0 Å². The van der Waals surface area contributed by atoms with Crippen LogP contribution in [-0.4, -0.2) is 11.1 Å². The van der Waals surface area contributed by atoms with Gasteiger partial charge in [-0.25, -0.2) is 9.18 Å². The molecule has 1 N–H and O–H groups in total. The van der Waals surface area contributed by atoms with Gasteiger partial charge in [-0.1, -0.05) is 67.6 Å². The van der Waals surface area contributed by atoms with Crippen molar-refractivity contribution >= 4 is 17.3 Å². The second kappa shape index (κ2) is 11.9. The molecule has 4 rings (SSSR count). The van der Waals surface area contributed by atoms with Gasteiger partial charge in [-0.05, 0) is 78.6 Å². The minimum Gasteiger partial charge on any atom is -0.478 e. The fourth-order valence-corrected chi connectivity index (χ4v) is 3.94. The Bertz CT molecular complexity index is 1370. The number of carboxylic acid groups (broad SMARTS) is 1. The molecule has 0 aliphatic carbocycles. The zero-order valence-corrected chi connectivity index (χ0v) is 20.2. The molecule has 0 spiro atoms. The largest absolute Gasteiger partial charge is 0.478 e. The Morgan fingerprint density at radius 1 is 0.806 bits per heavy atom. The molecule has 0 aromatic heterocycles. The van der Waals surface area contributed by atoms with Gasteiger partial charge in [0, 0.05) is 29.0 Å². The average Bonchev–Trinajstić information content (AvgIpc) is 2.91. The van der Waals surface area contributed by atoms with Crippen LogP contribution in [0.3, 0.4) is 0 Å². The standard InChI is InChI=1S/C32H28FNO2/c1-2-3-7-24-10-12-25(13-11-24)14-15-26-16-18-27(19-17-26)23-34(28-8-5-4-6-9-28)29-20-21-31(33)30(22-29)32(35)36/h4-6,8-13,16-22H,2-3,7,23H2,1H3,(H,35,36). The summed E-state index contributed by atoms with van der Waals surface area (Å²) in [4.78, 5) is 13.4. The van der Waals surface area contributed by atoms with Crippen LogP contribution in [0, 0.1) is 17.7 Å². The summed E-state index contributed by atoms with van der Waals surface area (Å²) in [5.41, 5.74) is 5.39. The topological polar surface area (TPSA) is 40.5 Å². The van der Waals surface area contributed by atoms with Crippen LogP contribution in [0.15, 0.2) is 97.1 Å². The first-order valence-corrected chi connectivity index (χ1v) is 12.1. The molecule has 0 heterocycles. The highest BCUT2D eigenvalue weighted by Gasteiger charge is 2.16. The summed E-state index contributed by atoms with van der Waals surface area (Å²) in [7, 11) is 0. The molecule has 4 heteroatoms. The van der Waals surface area contributed by atoms with Crippen LogP contribution in [0.25, 0.3) is 0 Å². The number of nitrogens with zero attached hydrogens (tertiary/aromatic N) is 1. The van der Waals surface area contributed by atoms with Gasteiger partial charge in [0.1, 0.15) is 5.82 Å². The number of carbonyl (C=O) groups is 1. The second-order valence-electron chi connectivity index (χ2n) is 8.64. The quantitative estimate of drug-likeness (QED) is 0.266. The molecule has 0 unspecified atom stereocenters. The zero-order valence-electron chi connectivity index (χ0n) is 20.2. The number of carboxylic acids is 1. The average molecular weight is 478 g/mol. The Balaban J connectivity index is 1.53. The van der Waals surface area contributed by atoms with Crippen LogP contribution in [-0.2, 0) is 13.0 Å². The summed E-state index contributed by atoms with van der Waals surface area (Å²) >= 11 is 0. The van der Waals surface area contributed by atoms with E-state index in [-0.39, 0.29) is 5.56 Å². The molecule has 0 aliphatic rings. The molecule has 0 fully saturated rings. The predicted octanol–water partition coefficient (Wildman–Crippen LogP) is 7.60. The van der Waals surface area contributed by atoms with Gasteiger partial charge in [0.05, 0.1) is 5.56 Å². The van der Waals surface area contributed by atoms with E-state index in [0.717, 1.165) is 28.8 Å². The highest BCUT2D eigenvalue weighted by molar-refractivity contribution is 5.89. The molecule has 36 heavy (non-hydrogen) atoms. The van der Waals surface area contributed by atoms with E-state index in [0.29, 0.717) is 12.2 Å². The molecule has 180 valence electrons. The minimum atomic E-state index is -1.29. The molecule has 0 saturated carbocycles. The van der Waals surface area contributed by atoms with Crippen LogP contribution in [0.2, 0.25) is 0 Å². The Morgan fingerprint density at radius 2 is 1.42 bits per heavy atom. The summed E-state index contributed by atoms with van der Waals surface area (Å²) in [6.45, 7) is 2.68. The third kappa shape index (κ3) is 6.40. The lowest BCUT2D eigenvalue weighted by Crippen LogP contribution is -2.17. The molecule has 0 saturated heterocycles. The number of anilines is 2. The van der Waals surface area contributed by atoms with Crippen molar-refractivity contribution in [2.75, 3.05) is 4.90 Å². The third-order valence-corrected chi connectivity index (χ3v) is 5.98. The fraction of sp³-hybridized carbons (Fsp3) is 0.156. The Morgan fingerprint density at radius 3 is 2.00 bits per heavy atom. The molecule has 0 amide bonds. The van der Waals surface area contributed by atoms with Crippen molar-refractivity contribution in [3.63, 3.8) is 0 Å². The van der Waals surface area contributed by atoms with Crippen LogP contribution in [0.5, 0.6) is 0 Å². The number of aromatic carboxylic acids is 1. The maximum Gasteiger partial charge on any atom is 0.338 e. The fourth-order valence-electron chi connectivity index (χ4n) is 3.94. The summed E-state index contributed by atoms with van der Waals surface area (Å²) < 4.78 is 14.0. The lowest BCUT2D eigenvalue weighted by Gasteiger charge is -2.25. The normalized spacial score (nSPS) is 10.4. The van der Waals surface area contributed by atoms with E-state index in [2.05, 4.69) is 43.0 Å². The van der Waals surface area contributed by atoms with Gasteiger partial charge >= 0.3 is 5.97 Å². The maximum atomic E-state index is 14.0. The number of hydrogen-bond donors (Lipinski definition) is 1. The van der Waals surface area contributed by atoms with Gasteiger partial charge in [-0.3, -0.25) is 0 Å². The Kier molecular flexibility index (Phi) is 8.16. The van der Waals surface area contributed by atoms with Crippen LogP contribution < -0.4 is 4.90 Å². The summed E-state index contributed by atoms with van der Waals surface area (Å²) in [5.74, 6) is 4.41. The monoisotopic (exact) mass is 477 g/mol. The number of unbranched alkanes of at least 4 members (excludes halogenated alkanes) is 1. The van der Waals surface area contributed by atoms with E-state index < -0.39 is 11.8 Å². The van der Waals surface area contributed by atoms with Crippen molar-refractivity contribution in [2.45, 2.75) is 32.7 Å². The molecule has 0 aliphatic heterocycles. The molecule has 4 aromatic rings. The van der Waals surface area contributed by atoms with Gasteiger partial charge in [0.25, 0.3) is 0 Å². The maximum absolute atomic E-state index is 14.0. The van der Waals surface area contributed by atoms with E-state index in [1.165, 1.54) is 30.5 Å². The van der Waals surface area contributed by atoms with Crippen molar-refractivity contribution < 1.29 is 14.3 Å². The number of hydrogen-bond acceptors (Lipinski definition) is 2. The van der Waals surface area contributed by atoms with E-state index in [9.17, 15) is 14.3 Å². The van der Waals surface area contributed by atoms with Crippen molar-refractivity contribution in [3.05, 3.63) is 131 Å². The number of rotatable bonds is 8. The molecule has 0 atom stereocenters. The molecule has 0 radical (unpaired) electrons. The predicted molar refractivity (Wildman–Crippen MR) is 143 cm³/mol. The number of benzene rings is 4. The van der Waals surface area contributed by atoms with Crippen molar-refractivity contribution in [2.24, 2.45) is 0 Å². The van der Waals surface area contributed by atoms with Crippen molar-refractivity contribution in [3.8, 4) is 11.8 Å². The van der Waals surface area contributed by atoms with E-state index in [1.807, 2.05) is 59.5 Å². The first kappa shape index (κ1) is 24.8. The highest BCUT2D eigenvalue weighted by Crippen LogP contribution is 2.29. The number of para-hydroxylation sites is 1. The second-order valence-corrected chi connectivity index (χ2v) is 8.64. The van der Waals surface area contributed by atoms with E-state index in [1.54, 1.807) is 6.07 Å².